The van der Waals surface area contributed by atoms with Gasteiger partial charge in [0.1, 0.15) is 6.33 Å². The molecule has 0 saturated carbocycles. The van der Waals surface area contributed by atoms with E-state index in [2.05, 4.69) is 15.3 Å². The Hall–Kier alpha value is -4.21. The second-order valence-corrected chi connectivity index (χ2v) is 7.09. The van der Waals surface area contributed by atoms with Gasteiger partial charge in [-0.2, -0.15) is 13.2 Å². The van der Waals surface area contributed by atoms with Crippen molar-refractivity contribution < 1.29 is 18.1 Å². The van der Waals surface area contributed by atoms with E-state index in [1.807, 2.05) is 49.4 Å². The van der Waals surface area contributed by atoms with Crippen molar-refractivity contribution in [1.29, 1.82) is 0 Å². The monoisotopic (exact) mass is 453 g/mol. The third kappa shape index (κ3) is 4.40. The Balaban J connectivity index is 1.78. The van der Waals surface area contributed by atoms with Crippen molar-refractivity contribution in [1.82, 2.24) is 9.97 Å². The van der Waals surface area contributed by atoms with E-state index in [4.69, 9.17) is 0 Å². The summed E-state index contributed by atoms with van der Waals surface area (Å²) in [6, 6.07) is 17.5. The van der Waals surface area contributed by atoms with E-state index in [9.17, 15) is 23.3 Å². The third-order valence-electron chi connectivity index (χ3n) is 5.09. The zero-order valence-electron chi connectivity index (χ0n) is 17.4. The average Bonchev–Trinajstić information content (AvgIpc) is 2.79. The Labute approximate surface area is 186 Å². The highest BCUT2D eigenvalue weighted by Gasteiger charge is 2.31. The molecule has 4 rings (SSSR count). The fraction of sp³-hybridized carbons (Fsp3) is 0.130. The van der Waals surface area contributed by atoms with Crippen LogP contribution in [0.1, 0.15) is 12.5 Å². The maximum atomic E-state index is 12.8. The van der Waals surface area contributed by atoms with Crippen LogP contribution in [-0.4, -0.2) is 21.4 Å². The molecule has 0 spiro atoms. The summed E-state index contributed by atoms with van der Waals surface area (Å²) >= 11 is 0. The van der Waals surface area contributed by atoms with Gasteiger partial charge < -0.3 is 10.2 Å². The summed E-state index contributed by atoms with van der Waals surface area (Å²) in [5, 5.41) is 16.7. The lowest BCUT2D eigenvalue weighted by Gasteiger charge is -2.24. The van der Waals surface area contributed by atoms with Gasteiger partial charge >= 0.3 is 11.9 Å². The minimum atomic E-state index is -4.48. The molecule has 0 aliphatic heterocycles. The molecule has 0 unspecified atom stereocenters. The quantitative estimate of drug-likeness (QED) is 0.266. The summed E-state index contributed by atoms with van der Waals surface area (Å²) in [6.07, 6.45) is -3.30. The second-order valence-electron chi connectivity index (χ2n) is 7.09. The number of alkyl halides is 3. The number of anilines is 4. The number of rotatable bonds is 6. The van der Waals surface area contributed by atoms with E-state index in [0.717, 1.165) is 28.6 Å². The van der Waals surface area contributed by atoms with E-state index in [-0.39, 0.29) is 23.0 Å². The summed E-state index contributed by atoms with van der Waals surface area (Å²) in [6.45, 7) is 2.22. The molecule has 1 N–H and O–H groups in total. The van der Waals surface area contributed by atoms with E-state index in [1.54, 1.807) is 4.90 Å². The molecule has 168 valence electrons. The predicted octanol–water partition coefficient (Wildman–Crippen LogP) is 6.46. The van der Waals surface area contributed by atoms with Gasteiger partial charge in [0.05, 0.1) is 16.2 Å². The lowest BCUT2D eigenvalue weighted by atomic mass is 10.1. The maximum absolute atomic E-state index is 12.8. The number of hydrogen-bond acceptors (Lipinski definition) is 6. The first-order valence-corrected chi connectivity index (χ1v) is 9.98. The van der Waals surface area contributed by atoms with Gasteiger partial charge in [0.25, 0.3) is 0 Å². The second kappa shape index (κ2) is 8.73. The lowest BCUT2D eigenvalue weighted by molar-refractivity contribution is -0.383. The molecule has 1 heterocycles. The number of nitrogens with zero attached hydrogens (tertiary/aromatic N) is 4. The summed E-state index contributed by atoms with van der Waals surface area (Å²) in [5.74, 6) is -0.0493. The van der Waals surface area contributed by atoms with Crippen molar-refractivity contribution in [2.45, 2.75) is 13.1 Å². The minimum absolute atomic E-state index is 0.0725. The molecule has 0 amide bonds. The van der Waals surface area contributed by atoms with Crippen molar-refractivity contribution >= 4 is 39.5 Å². The highest BCUT2D eigenvalue weighted by Crippen LogP contribution is 2.39. The average molecular weight is 453 g/mol. The minimum Gasteiger partial charge on any atom is -0.334 e. The molecule has 0 aliphatic rings. The van der Waals surface area contributed by atoms with Crippen LogP contribution in [0, 0.1) is 10.1 Å². The molecule has 4 aromatic rings. The van der Waals surface area contributed by atoms with Crippen LogP contribution in [0.4, 0.5) is 41.9 Å². The molecule has 0 saturated heterocycles. The van der Waals surface area contributed by atoms with Crippen molar-refractivity contribution in [3.05, 3.63) is 88.7 Å². The van der Waals surface area contributed by atoms with Crippen LogP contribution in [-0.2, 0) is 6.18 Å². The molecule has 3 aromatic carbocycles. The van der Waals surface area contributed by atoms with Crippen molar-refractivity contribution in [3.8, 4) is 0 Å². The first kappa shape index (κ1) is 22.0. The molecular formula is C23H18F3N5O2. The Bertz CT molecular complexity index is 1300. The van der Waals surface area contributed by atoms with Gasteiger partial charge in [-0.1, -0.05) is 36.4 Å². The molecule has 10 heteroatoms. The molecule has 0 aliphatic carbocycles. The molecular weight excluding hydrogens is 435 g/mol. The van der Waals surface area contributed by atoms with Crippen LogP contribution in [0.3, 0.4) is 0 Å². The highest BCUT2D eigenvalue weighted by molar-refractivity contribution is 5.97. The fourth-order valence-electron chi connectivity index (χ4n) is 3.58. The molecule has 7 nitrogen and oxygen atoms in total. The van der Waals surface area contributed by atoms with Gasteiger partial charge in [-0.05, 0) is 42.6 Å². The Morgan fingerprint density at radius 2 is 1.70 bits per heavy atom. The Morgan fingerprint density at radius 1 is 1.00 bits per heavy atom. The summed E-state index contributed by atoms with van der Waals surface area (Å²) in [7, 11) is 0. The van der Waals surface area contributed by atoms with E-state index in [0.29, 0.717) is 6.54 Å². The van der Waals surface area contributed by atoms with Gasteiger partial charge in [0.2, 0.25) is 11.6 Å². The van der Waals surface area contributed by atoms with Crippen LogP contribution in [0.15, 0.2) is 73.1 Å². The smallest absolute Gasteiger partial charge is 0.334 e. The standard InChI is InChI=1S/C23H18F3N5O2/c1-2-30(19-9-5-7-15-6-3-4-8-18(15)19)22-20(31(32)33)21(27-14-28-22)29-17-12-10-16(11-13-17)23(24,25)26/h3-14H,2H2,1H3,(H,27,28,29). The number of nitrogens with one attached hydrogen (secondary N) is 1. The summed E-state index contributed by atoms with van der Waals surface area (Å²) in [5.41, 5.74) is -0.243. The van der Waals surface area contributed by atoms with Crippen molar-refractivity contribution in [2.24, 2.45) is 0 Å². The molecule has 0 bridgehead atoms. The Morgan fingerprint density at radius 3 is 2.36 bits per heavy atom. The van der Waals surface area contributed by atoms with Gasteiger partial charge in [0.15, 0.2) is 0 Å². The summed E-state index contributed by atoms with van der Waals surface area (Å²) < 4.78 is 38.5. The number of benzene rings is 3. The largest absolute Gasteiger partial charge is 0.416 e. The molecule has 0 fully saturated rings. The first-order chi connectivity index (χ1) is 15.8. The SMILES string of the molecule is CCN(c1ncnc(Nc2ccc(C(F)(F)F)cc2)c1[N+](=O)[O-])c1cccc2ccccc12. The Kier molecular flexibility index (Phi) is 5.82. The van der Waals surface area contributed by atoms with Crippen LogP contribution in [0.25, 0.3) is 10.8 Å². The number of aromatic nitrogens is 2. The number of fused-ring (bicyclic) bond motifs is 1. The molecule has 0 radical (unpaired) electrons. The molecule has 1 aromatic heterocycles. The van der Waals surface area contributed by atoms with E-state index in [1.165, 1.54) is 18.5 Å². The predicted molar refractivity (Wildman–Crippen MR) is 120 cm³/mol. The zero-order chi connectivity index (χ0) is 23.6. The van der Waals surface area contributed by atoms with Crippen LogP contribution < -0.4 is 10.2 Å². The number of hydrogen-bond donors (Lipinski definition) is 1. The highest BCUT2D eigenvalue weighted by atomic mass is 19.4. The van der Waals surface area contributed by atoms with Crippen molar-refractivity contribution in [2.75, 3.05) is 16.8 Å². The molecule has 0 atom stereocenters. The normalized spacial score (nSPS) is 11.4. The first-order valence-electron chi connectivity index (χ1n) is 9.98. The molecule has 33 heavy (non-hydrogen) atoms. The maximum Gasteiger partial charge on any atom is 0.416 e. The third-order valence-corrected chi connectivity index (χ3v) is 5.09. The zero-order valence-corrected chi connectivity index (χ0v) is 17.4. The van der Waals surface area contributed by atoms with E-state index >= 15 is 0 Å². The fourth-order valence-corrected chi connectivity index (χ4v) is 3.58. The number of nitro groups is 1. The number of halogens is 3. The van der Waals surface area contributed by atoms with Crippen LogP contribution in [0.5, 0.6) is 0 Å². The van der Waals surface area contributed by atoms with Gasteiger partial charge in [-0.15, -0.1) is 0 Å². The lowest BCUT2D eigenvalue weighted by Crippen LogP contribution is -2.20. The summed E-state index contributed by atoms with van der Waals surface area (Å²) in [4.78, 5) is 21.3. The van der Waals surface area contributed by atoms with Crippen LogP contribution in [0.2, 0.25) is 0 Å². The van der Waals surface area contributed by atoms with Gasteiger partial charge in [-0.3, -0.25) is 10.1 Å². The van der Waals surface area contributed by atoms with Gasteiger partial charge in [0, 0.05) is 17.6 Å². The van der Waals surface area contributed by atoms with Gasteiger partial charge in [-0.25, -0.2) is 9.97 Å². The topological polar surface area (TPSA) is 84.2 Å². The van der Waals surface area contributed by atoms with Crippen LogP contribution >= 0.6 is 0 Å². The van der Waals surface area contributed by atoms with E-state index < -0.39 is 16.7 Å². The van der Waals surface area contributed by atoms with Crippen molar-refractivity contribution in [3.63, 3.8) is 0 Å².